The number of aromatic nitrogens is 2. The fourth-order valence-electron chi connectivity index (χ4n) is 2.09. The lowest BCUT2D eigenvalue weighted by molar-refractivity contribution is 0.0509. The number of benzene rings is 1. The second-order valence-corrected chi connectivity index (χ2v) is 5.36. The van der Waals surface area contributed by atoms with Crippen molar-refractivity contribution in [2.24, 2.45) is 0 Å². The molecule has 5 nitrogen and oxygen atoms in total. The maximum absolute atomic E-state index is 11.9. The summed E-state index contributed by atoms with van der Waals surface area (Å²) in [6.07, 6.45) is 0. The lowest BCUT2D eigenvalue weighted by atomic mass is 10.0. The summed E-state index contributed by atoms with van der Waals surface area (Å²) in [6, 6.07) is 7.25. The molecule has 0 unspecified atom stereocenters. The molecule has 0 amide bonds. The first kappa shape index (κ1) is 15.4. The van der Waals surface area contributed by atoms with Crippen LogP contribution in [0.5, 0.6) is 0 Å². The third-order valence-electron chi connectivity index (χ3n) is 3.06. The van der Waals surface area contributed by atoms with E-state index in [2.05, 4.69) is 4.98 Å². The second-order valence-electron chi connectivity index (χ2n) is 4.92. The van der Waals surface area contributed by atoms with Crippen LogP contribution in [-0.2, 0) is 4.74 Å². The van der Waals surface area contributed by atoms with Crippen LogP contribution in [0.3, 0.4) is 0 Å². The van der Waals surface area contributed by atoms with Crippen molar-refractivity contribution < 1.29 is 9.53 Å². The van der Waals surface area contributed by atoms with Crippen LogP contribution in [0.15, 0.2) is 24.3 Å². The molecule has 2 rings (SSSR count). The summed E-state index contributed by atoms with van der Waals surface area (Å²) in [5.74, 6) is 5.76. The Morgan fingerprint density at radius 2 is 2.00 bits per heavy atom. The Labute approximate surface area is 128 Å². The number of esters is 1. The standard InChI is InChI=1S/C15H18ClN3O2/c1-4-21-15(20)14-18-12(9(2)3)13(19(14)17)10-5-7-11(16)8-6-10/h5-9H,4,17H2,1-3H3. The molecule has 1 aromatic heterocycles. The summed E-state index contributed by atoms with van der Waals surface area (Å²) < 4.78 is 6.28. The first-order chi connectivity index (χ1) is 9.95. The molecule has 0 saturated carbocycles. The van der Waals surface area contributed by atoms with Crippen LogP contribution in [0.2, 0.25) is 5.02 Å². The van der Waals surface area contributed by atoms with Gasteiger partial charge in [0.15, 0.2) is 0 Å². The molecule has 2 N–H and O–H groups in total. The lowest BCUT2D eigenvalue weighted by Gasteiger charge is -2.09. The lowest BCUT2D eigenvalue weighted by Crippen LogP contribution is -2.20. The highest BCUT2D eigenvalue weighted by molar-refractivity contribution is 6.30. The Bertz CT molecular complexity index is 648. The van der Waals surface area contributed by atoms with Crippen LogP contribution < -0.4 is 5.84 Å². The highest BCUT2D eigenvalue weighted by Gasteiger charge is 2.24. The summed E-state index contributed by atoms with van der Waals surface area (Å²) >= 11 is 5.91. The number of carbonyl (C=O) groups is 1. The second kappa shape index (κ2) is 6.18. The van der Waals surface area contributed by atoms with Crippen LogP contribution in [0, 0.1) is 0 Å². The number of imidazole rings is 1. The van der Waals surface area contributed by atoms with Gasteiger partial charge in [0.25, 0.3) is 0 Å². The molecule has 0 spiro atoms. The normalized spacial score (nSPS) is 10.9. The first-order valence-corrected chi connectivity index (χ1v) is 7.14. The van der Waals surface area contributed by atoms with E-state index < -0.39 is 5.97 Å². The van der Waals surface area contributed by atoms with Gasteiger partial charge in [0.05, 0.1) is 18.0 Å². The number of nitrogens with zero attached hydrogens (tertiary/aromatic N) is 2. The van der Waals surface area contributed by atoms with Crippen LogP contribution in [0.25, 0.3) is 11.3 Å². The van der Waals surface area contributed by atoms with Gasteiger partial charge < -0.3 is 10.6 Å². The van der Waals surface area contributed by atoms with Crippen molar-refractivity contribution in [3.63, 3.8) is 0 Å². The fraction of sp³-hybridized carbons (Fsp3) is 0.333. The Morgan fingerprint density at radius 1 is 1.38 bits per heavy atom. The molecule has 21 heavy (non-hydrogen) atoms. The largest absolute Gasteiger partial charge is 0.460 e. The average Bonchev–Trinajstić information content (AvgIpc) is 2.78. The number of nitrogen functional groups attached to an aromatic ring is 1. The number of nitrogens with two attached hydrogens (primary N) is 1. The molecule has 0 radical (unpaired) electrons. The molecule has 112 valence electrons. The molecule has 1 aromatic carbocycles. The molecule has 0 bridgehead atoms. The molecular weight excluding hydrogens is 290 g/mol. The van der Waals surface area contributed by atoms with Gasteiger partial charge in [0.2, 0.25) is 5.82 Å². The molecule has 0 saturated heterocycles. The van der Waals surface area contributed by atoms with Crippen molar-refractivity contribution >= 4 is 17.6 Å². The summed E-state index contributed by atoms with van der Waals surface area (Å²) in [4.78, 5) is 16.3. The highest BCUT2D eigenvalue weighted by atomic mass is 35.5. The Hall–Kier alpha value is -2.01. The third kappa shape index (κ3) is 3.03. The van der Waals surface area contributed by atoms with Crippen molar-refractivity contribution in [3.8, 4) is 11.3 Å². The Morgan fingerprint density at radius 3 is 2.52 bits per heavy atom. The van der Waals surface area contributed by atoms with Crippen LogP contribution in [-0.4, -0.2) is 22.2 Å². The van der Waals surface area contributed by atoms with E-state index >= 15 is 0 Å². The summed E-state index contributed by atoms with van der Waals surface area (Å²) in [6.45, 7) is 6.01. The quantitative estimate of drug-likeness (QED) is 0.695. The Kier molecular flexibility index (Phi) is 4.53. The van der Waals surface area contributed by atoms with Crippen molar-refractivity contribution in [1.82, 2.24) is 9.66 Å². The fourth-order valence-corrected chi connectivity index (χ4v) is 2.21. The third-order valence-corrected chi connectivity index (χ3v) is 3.31. The molecular formula is C15H18ClN3O2. The highest BCUT2D eigenvalue weighted by Crippen LogP contribution is 2.29. The number of hydrogen-bond acceptors (Lipinski definition) is 4. The summed E-state index contributed by atoms with van der Waals surface area (Å²) in [7, 11) is 0. The van der Waals surface area contributed by atoms with Gasteiger partial charge in [-0.1, -0.05) is 37.6 Å². The van der Waals surface area contributed by atoms with E-state index in [1.807, 2.05) is 26.0 Å². The SMILES string of the molecule is CCOC(=O)c1nc(C(C)C)c(-c2ccc(Cl)cc2)n1N. The zero-order chi connectivity index (χ0) is 15.6. The molecule has 6 heteroatoms. The molecule has 1 heterocycles. The van der Waals surface area contributed by atoms with Gasteiger partial charge in [-0.25, -0.2) is 14.5 Å². The minimum absolute atomic E-state index is 0.102. The predicted octanol–water partition coefficient (Wildman–Crippen LogP) is 3.22. The van der Waals surface area contributed by atoms with E-state index in [-0.39, 0.29) is 18.3 Å². The Balaban J connectivity index is 2.58. The van der Waals surface area contributed by atoms with Crippen LogP contribution >= 0.6 is 11.6 Å². The number of carbonyl (C=O) groups excluding carboxylic acids is 1. The van der Waals surface area contributed by atoms with Crippen LogP contribution in [0.4, 0.5) is 0 Å². The van der Waals surface area contributed by atoms with Gasteiger partial charge >= 0.3 is 5.97 Å². The minimum atomic E-state index is -0.526. The first-order valence-electron chi connectivity index (χ1n) is 6.76. The van der Waals surface area contributed by atoms with E-state index in [4.69, 9.17) is 22.2 Å². The number of rotatable bonds is 4. The van der Waals surface area contributed by atoms with Crippen molar-refractivity contribution in [1.29, 1.82) is 0 Å². The van der Waals surface area contributed by atoms with Gasteiger partial charge in [0, 0.05) is 10.6 Å². The zero-order valence-electron chi connectivity index (χ0n) is 12.3. The molecule has 0 aliphatic carbocycles. The smallest absolute Gasteiger partial charge is 0.376 e. The van der Waals surface area contributed by atoms with E-state index in [0.717, 1.165) is 11.3 Å². The average molecular weight is 308 g/mol. The van der Waals surface area contributed by atoms with E-state index in [1.165, 1.54) is 4.68 Å². The van der Waals surface area contributed by atoms with Gasteiger partial charge in [0.1, 0.15) is 0 Å². The molecule has 0 fully saturated rings. The van der Waals surface area contributed by atoms with E-state index in [0.29, 0.717) is 10.7 Å². The van der Waals surface area contributed by atoms with Gasteiger partial charge in [-0.05, 0) is 25.0 Å². The van der Waals surface area contributed by atoms with Gasteiger partial charge in [-0.3, -0.25) is 0 Å². The van der Waals surface area contributed by atoms with Crippen LogP contribution in [0.1, 0.15) is 43.0 Å². The molecule has 2 aromatic rings. The number of hydrogen-bond donors (Lipinski definition) is 1. The van der Waals surface area contributed by atoms with Crippen molar-refractivity contribution in [3.05, 3.63) is 40.8 Å². The topological polar surface area (TPSA) is 70.1 Å². The maximum atomic E-state index is 11.9. The summed E-state index contributed by atoms with van der Waals surface area (Å²) in [5, 5.41) is 0.638. The number of ether oxygens (including phenoxy) is 1. The van der Waals surface area contributed by atoms with Crippen molar-refractivity contribution in [2.75, 3.05) is 12.4 Å². The molecule has 0 aliphatic rings. The molecule has 0 aliphatic heterocycles. The summed E-state index contributed by atoms with van der Waals surface area (Å²) in [5.41, 5.74) is 2.31. The van der Waals surface area contributed by atoms with E-state index in [9.17, 15) is 4.79 Å². The predicted molar refractivity (Wildman–Crippen MR) is 82.9 cm³/mol. The van der Waals surface area contributed by atoms with Gasteiger partial charge in [-0.15, -0.1) is 0 Å². The maximum Gasteiger partial charge on any atom is 0.376 e. The van der Waals surface area contributed by atoms with Gasteiger partial charge in [-0.2, -0.15) is 0 Å². The number of halogens is 1. The minimum Gasteiger partial charge on any atom is -0.460 e. The monoisotopic (exact) mass is 307 g/mol. The zero-order valence-corrected chi connectivity index (χ0v) is 13.0. The van der Waals surface area contributed by atoms with Crippen molar-refractivity contribution in [2.45, 2.75) is 26.7 Å². The van der Waals surface area contributed by atoms with E-state index in [1.54, 1.807) is 19.1 Å². The molecule has 0 atom stereocenters.